The topological polar surface area (TPSA) is 127 Å². The van der Waals surface area contributed by atoms with E-state index >= 15 is 0 Å². The predicted molar refractivity (Wildman–Crippen MR) is 188 cm³/mol. The molecule has 13 nitrogen and oxygen atoms in total. The van der Waals surface area contributed by atoms with Crippen LogP contribution in [0.3, 0.4) is 0 Å². The van der Waals surface area contributed by atoms with Gasteiger partial charge in [0.1, 0.15) is 11.6 Å². The van der Waals surface area contributed by atoms with Gasteiger partial charge in [-0.15, -0.1) is 10.2 Å². The summed E-state index contributed by atoms with van der Waals surface area (Å²) in [7, 11) is 0. The van der Waals surface area contributed by atoms with E-state index in [-0.39, 0.29) is 35.7 Å². The van der Waals surface area contributed by atoms with Crippen LogP contribution in [-0.4, -0.2) is 132 Å². The summed E-state index contributed by atoms with van der Waals surface area (Å²) in [6, 6.07) is 7.92. The molecule has 52 heavy (non-hydrogen) atoms. The van der Waals surface area contributed by atoms with E-state index in [1.165, 1.54) is 5.56 Å². The quantitative estimate of drug-likeness (QED) is 0.289. The van der Waals surface area contributed by atoms with E-state index in [1.54, 1.807) is 0 Å². The Labute approximate surface area is 303 Å². The second-order valence-corrected chi connectivity index (χ2v) is 14.7. The molecule has 0 radical (unpaired) electrons. The number of rotatable bonds is 14. The van der Waals surface area contributed by atoms with Crippen molar-refractivity contribution < 1.29 is 37.0 Å². The normalized spacial score (nSPS) is 18.2. The molecule has 1 aromatic carbocycles. The zero-order valence-electron chi connectivity index (χ0n) is 30.8. The maximum atomic E-state index is 13.3. The fourth-order valence-electron chi connectivity index (χ4n) is 6.34. The molecule has 3 aliphatic heterocycles. The minimum Gasteiger partial charge on any atom is -0.484 e. The van der Waals surface area contributed by atoms with Crippen molar-refractivity contribution in [2.24, 2.45) is 10.5 Å². The summed E-state index contributed by atoms with van der Waals surface area (Å²) in [5.41, 5.74) is 1.19. The third-order valence-electron chi connectivity index (χ3n) is 10.1. The van der Waals surface area contributed by atoms with E-state index in [0.717, 1.165) is 37.2 Å². The number of nitrogens with zero attached hydrogens (tertiary/aromatic N) is 7. The molecule has 2 saturated heterocycles. The molecule has 1 unspecified atom stereocenters. The van der Waals surface area contributed by atoms with Crippen LogP contribution in [0.2, 0.25) is 0 Å². The number of alkyl halides is 3. The number of carbonyl (C=O) groups excluding carboxylic acids is 2. The van der Waals surface area contributed by atoms with Crippen molar-refractivity contribution in [2.75, 3.05) is 78.8 Å². The van der Waals surface area contributed by atoms with Gasteiger partial charge in [0.05, 0.1) is 26.4 Å². The van der Waals surface area contributed by atoms with Crippen molar-refractivity contribution in [2.45, 2.75) is 77.9 Å². The highest BCUT2D eigenvalue weighted by Crippen LogP contribution is 2.32. The van der Waals surface area contributed by atoms with Gasteiger partial charge in [-0.25, -0.2) is 0 Å². The van der Waals surface area contributed by atoms with Gasteiger partial charge >= 0.3 is 6.18 Å². The van der Waals surface area contributed by atoms with E-state index in [9.17, 15) is 22.8 Å². The Morgan fingerprint density at radius 1 is 0.904 bits per heavy atom. The third-order valence-corrected chi connectivity index (χ3v) is 10.1. The van der Waals surface area contributed by atoms with Gasteiger partial charge in [-0.1, -0.05) is 32.9 Å². The molecule has 0 saturated carbocycles. The highest BCUT2D eigenvalue weighted by Gasteiger charge is 2.40. The van der Waals surface area contributed by atoms with Crippen molar-refractivity contribution >= 4 is 17.6 Å². The zero-order chi connectivity index (χ0) is 37.3. The molecule has 1 atom stereocenters. The van der Waals surface area contributed by atoms with Gasteiger partial charge in [-0.2, -0.15) is 22.9 Å². The van der Waals surface area contributed by atoms with E-state index in [4.69, 9.17) is 14.2 Å². The number of amidine groups is 1. The van der Waals surface area contributed by atoms with Crippen LogP contribution in [0.4, 0.5) is 13.2 Å². The molecule has 3 aliphatic rings. The summed E-state index contributed by atoms with van der Waals surface area (Å²) in [5.74, 6) is 0.683. The van der Waals surface area contributed by atoms with E-state index in [1.807, 2.05) is 36.1 Å². The monoisotopic (exact) mass is 734 g/mol. The summed E-state index contributed by atoms with van der Waals surface area (Å²) in [6.07, 6.45) is -1.66. The molecule has 288 valence electrons. The Balaban J connectivity index is 0.920. The fourth-order valence-corrected chi connectivity index (χ4v) is 6.34. The summed E-state index contributed by atoms with van der Waals surface area (Å²) < 4.78 is 57.8. The third kappa shape index (κ3) is 11.1. The molecule has 1 N–H and O–H groups in total. The number of aromatic nitrogens is 3. The molecule has 16 heteroatoms. The molecule has 1 aromatic heterocycles. The highest BCUT2D eigenvalue weighted by atomic mass is 19.4. The highest BCUT2D eigenvalue weighted by molar-refractivity contribution is 5.83. The number of amides is 2. The smallest absolute Gasteiger partial charge is 0.453 e. The minimum absolute atomic E-state index is 0.00712. The number of nitrogens with one attached hydrogen (secondary N) is 1. The average Bonchev–Trinajstić information content (AvgIpc) is 3.56. The van der Waals surface area contributed by atoms with Crippen molar-refractivity contribution in [3.05, 3.63) is 41.5 Å². The number of fused-ring (bicyclic) bond motifs is 1. The largest absolute Gasteiger partial charge is 0.484 e. The van der Waals surface area contributed by atoms with Crippen LogP contribution >= 0.6 is 0 Å². The Hall–Kier alpha value is -3.76. The van der Waals surface area contributed by atoms with Gasteiger partial charge in [-0.3, -0.25) is 14.5 Å². The van der Waals surface area contributed by atoms with Crippen LogP contribution in [-0.2, 0) is 31.7 Å². The van der Waals surface area contributed by atoms with Gasteiger partial charge in [0, 0.05) is 71.1 Å². The molecule has 0 bridgehead atoms. The van der Waals surface area contributed by atoms with E-state index in [2.05, 4.69) is 51.2 Å². The second kappa shape index (κ2) is 17.8. The number of halogens is 3. The van der Waals surface area contributed by atoms with E-state index in [0.29, 0.717) is 89.4 Å². The molecule has 5 rings (SSSR count). The van der Waals surface area contributed by atoms with Crippen LogP contribution in [0.25, 0.3) is 0 Å². The lowest BCUT2D eigenvalue weighted by molar-refractivity contribution is -0.147. The fraction of sp³-hybridized carbons (Fsp3) is 0.694. The molecule has 4 heterocycles. The Morgan fingerprint density at radius 3 is 2.23 bits per heavy atom. The molecule has 0 aliphatic carbocycles. The van der Waals surface area contributed by atoms with Crippen molar-refractivity contribution in [3.8, 4) is 5.75 Å². The number of carbonyl (C=O) groups is 2. The molecule has 2 fully saturated rings. The van der Waals surface area contributed by atoms with Crippen molar-refractivity contribution in [1.82, 2.24) is 34.9 Å². The minimum atomic E-state index is -4.61. The molecule has 0 spiro atoms. The second-order valence-electron chi connectivity index (χ2n) is 14.7. The Kier molecular flexibility index (Phi) is 13.5. The molecule has 2 aromatic rings. The summed E-state index contributed by atoms with van der Waals surface area (Å²) >= 11 is 0. The summed E-state index contributed by atoms with van der Waals surface area (Å²) in [5, 5.41) is 14.2. The van der Waals surface area contributed by atoms with Crippen LogP contribution in [0.5, 0.6) is 5.75 Å². The first-order valence-corrected chi connectivity index (χ1v) is 18.3. The standard InChI is InChI=1S/C36H53F3N8O5/c1-26(35(2,3)4)40-32(48)13-21-50-23-24-51-22-20-44-16-18-46(19-17-44)33(49)25-52-29-7-5-27(6-8-29)28-11-14-45(15-12-28)31-10-9-30-41-42-34(36(37,38)39)47(30)43-31/h5-8,26,28H,9-25H2,1-4H3,(H,40,48). The first-order chi connectivity index (χ1) is 24.8. The molecule has 2 amide bonds. The first kappa shape index (κ1) is 39.4. The van der Waals surface area contributed by atoms with Crippen LogP contribution in [0.15, 0.2) is 29.4 Å². The van der Waals surface area contributed by atoms with Crippen molar-refractivity contribution in [1.29, 1.82) is 0 Å². The Morgan fingerprint density at radius 2 is 1.58 bits per heavy atom. The van der Waals surface area contributed by atoms with Crippen LogP contribution < -0.4 is 10.1 Å². The van der Waals surface area contributed by atoms with Gasteiger partial charge in [0.2, 0.25) is 5.91 Å². The van der Waals surface area contributed by atoms with Gasteiger partial charge in [0.15, 0.2) is 12.4 Å². The summed E-state index contributed by atoms with van der Waals surface area (Å²) in [4.78, 5) is 31.0. The number of piperazine rings is 1. The summed E-state index contributed by atoms with van der Waals surface area (Å²) in [6.45, 7) is 15.1. The zero-order valence-corrected chi connectivity index (χ0v) is 30.8. The number of ether oxygens (including phenoxy) is 3. The van der Waals surface area contributed by atoms with Crippen molar-refractivity contribution in [3.63, 3.8) is 0 Å². The number of hydrogen-bond donors (Lipinski definition) is 1. The molecular weight excluding hydrogens is 681 g/mol. The maximum absolute atomic E-state index is 13.3. The predicted octanol–water partition coefficient (Wildman–Crippen LogP) is 3.78. The maximum Gasteiger partial charge on any atom is 0.453 e. The van der Waals surface area contributed by atoms with Gasteiger partial charge in [-0.05, 0) is 48.8 Å². The lowest BCUT2D eigenvalue weighted by Gasteiger charge is -2.35. The van der Waals surface area contributed by atoms with E-state index < -0.39 is 12.0 Å². The lowest BCUT2D eigenvalue weighted by Crippen LogP contribution is -2.50. The van der Waals surface area contributed by atoms with Gasteiger partial charge in [0.25, 0.3) is 11.7 Å². The number of benzene rings is 1. The first-order valence-electron chi connectivity index (χ1n) is 18.3. The van der Waals surface area contributed by atoms with Crippen LogP contribution in [0.1, 0.15) is 76.5 Å². The Bertz CT molecular complexity index is 1490. The molecular formula is C36H53F3N8O5. The number of hydrogen-bond acceptors (Lipinski definition) is 10. The van der Waals surface area contributed by atoms with Gasteiger partial charge < -0.3 is 29.3 Å². The number of piperidine rings is 1. The average molecular weight is 735 g/mol. The van der Waals surface area contributed by atoms with Crippen LogP contribution in [0, 0.1) is 5.41 Å². The number of likely N-dealkylation sites (tertiary alicyclic amines) is 1. The lowest BCUT2D eigenvalue weighted by atomic mass is 9.88. The number of aryl methyl sites for hydroxylation is 1. The SMILES string of the molecule is CC(NC(=O)CCOCCOCCN1CCN(C(=O)COc2ccc(C3CCN(C4=Nn5c(nnc5C(F)(F)F)CC4)CC3)cc2)CC1)C(C)(C)C.